The maximum absolute atomic E-state index is 10.5. The molecule has 5 heteroatoms. The first-order valence-electron chi connectivity index (χ1n) is 5.20. The summed E-state index contributed by atoms with van der Waals surface area (Å²) in [6.45, 7) is 1.98. The molecule has 4 nitrogen and oxygen atoms in total. The number of carbonyl (C=O) groups is 2. The molecule has 0 aliphatic carbocycles. The Balaban J connectivity index is 0.000000184. The molecule has 2 aromatic rings. The van der Waals surface area contributed by atoms with Crippen molar-refractivity contribution in [2.24, 2.45) is 5.73 Å². The molecule has 94 valence electrons. The number of hydrogen-bond acceptors (Lipinski definition) is 4. The van der Waals surface area contributed by atoms with Crippen LogP contribution in [0.15, 0.2) is 36.4 Å². The zero-order chi connectivity index (χ0) is 13.5. The summed E-state index contributed by atoms with van der Waals surface area (Å²) >= 11 is 1.52. The SMILES string of the molecule is Cc1ccc(C=O)s1.NC(=O)c1ccc(N)cc1. The summed E-state index contributed by atoms with van der Waals surface area (Å²) in [6.07, 6.45) is 0.873. The van der Waals surface area contributed by atoms with Gasteiger partial charge in [-0.15, -0.1) is 11.3 Å². The zero-order valence-electron chi connectivity index (χ0n) is 9.92. The van der Waals surface area contributed by atoms with Crippen molar-refractivity contribution in [3.8, 4) is 0 Å². The van der Waals surface area contributed by atoms with E-state index < -0.39 is 5.91 Å². The molecule has 0 radical (unpaired) electrons. The number of aldehydes is 1. The maximum atomic E-state index is 10.5. The fourth-order valence-electron chi connectivity index (χ4n) is 1.16. The Kier molecular flexibility index (Phi) is 5.07. The Labute approximate surface area is 109 Å². The molecule has 0 unspecified atom stereocenters. The molecule has 0 bridgehead atoms. The normalized spacial score (nSPS) is 9.17. The number of carbonyl (C=O) groups excluding carboxylic acids is 2. The van der Waals surface area contributed by atoms with Gasteiger partial charge in [-0.1, -0.05) is 0 Å². The van der Waals surface area contributed by atoms with E-state index in [1.807, 2.05) is 19.1 Å². The van der Waals surface area contributed by atoms with Crippen LogP contribution in [-0.4, -0.2) is 12.2 Å². The van der Waals surface area contributed by atoms with Gasteiger partial charge in [0.05, 0.1) is 4.88 Å². The van der Waals surface area contributed by atoms with Gasteiger partial charge in [0.1, 0.15) is 0 Å². The van der Waals surface area contributed by atoms with E-state index in [4.69, 9.17) is 11.5 Å². The van der Waals surface area contributed by atoms with E-state index in [0.717, 1.165) is 11.2 Å². The number of rotatable bonds is 2. The highest BCUT2D eigenvalue weighted by Gasteiger charge is 1.96. The summed E-state index contributed by atoms with van der Waals surface area (Å²) in [4.78, 5) is 22.5. The van der Waals surface area contributed by atoms with Crippen LogP contribution in [-0.2, 0) is 0 Å². The number of nitrogen functional groups attached to an aromatic ring is 1. The van der Waals surface area contributed by atoms with Gasteiger partial charge in [0.25, 0.3) is 0 Å². The van der Waals surface area contributed by atoms with Gasteiger partial charge in [-0.3, -0.25) is 9.59 Å². The number of hydrogen-bond donors (Lipinski definition) is 2. The monoisotopic (exact) mass is 262 g/mol. The molecule has 0 spiro atoms. The summed E-state index contributed by atoms with van der Waals surface area (Å²) in [5.74, 6) is -0.431. The number of thiophene rings is 1. The standard InChI is InChI=1S/C7H8N2O.C6H6OS/c8-6-3-1-5(2-4-6)7(9)10;1-5-2-3-6(4-7)8-5/h1-4H,8H2,(H2,9,10);2-4H,1H3. The van der Waals surface area contributed by atoms with Crippen LogP contribution in [0.2, 0.25) is 0 Å². The smallest absolute Gasteiger partial charge is 0.248 e. The van der Waals surface area contributed by atoms with Gasteiger partial charge in [0, 0.05) is 16.1 Å². The Morgan fingerprint density at radius 1 is 1.17 bits per heavy atom. The highest BCUT2D eigenvalue weighted by molar-refractivity contribution is 7.13. The fraction of sp³-hybridized carbons (Fsp3) is 0.0769. The minimum Gasteiger partial charge on any atom is -0.399 e. The summed E-state index contributed by atoms with van der Waals surface area (Å²) in [7, 11) is 0. The van der Waals surface area contributed by atoms with Crippen LogP contribution in [0.3, 0.4) is 0 Å². The van der Waals surface area contributed by atoms with Crippen LogP contribution in [0.5, 0.6) is 0 Å². The largest absolute Gasteiger partial charge is 0.399 e. The third-order valence-corrected chi connectivity index (χ3v) is 3.00. The van der Waals surface area contributed by atoms with Crippen LogP contribution in [0.4, 0.5) is 5.69 Å². The minimum atomic E-state index is -0.431. The summed E-state index contributed by atoms with van der Waals surface area (Å²) in [5, 5.41) is 0. The van der Waals surface area contributed by atoms with Crippen molar-refractivity contribution in [1.29, 1.82) is 0 Å². The quantitative estimate of drug-likeness (QED) is 0.642. The first-order chi connectivity index (χ1) is 8.52. The number of aryl methyl sites for hydroxylation is 1. The van der Waals surface area contributed by atoms with Gasteiger partial charge in [0.15, 0.2) is 6.29 Å². The third-order valence-electron chi connectivity index (χ3n) is 2.07. The molecule has 4 N–H and O–H groups in total. The second-order valence-electron chi connectivity index (χ2n) is 3.55. The lowest BCUT2D eigenvalue weighted by atomic mass is 10.2. The lowest BCUT2D eigenvalue weighted by Crippen LogP contribution is -2.10. The lowest BCUT2D eigenvalue weighted by molar-refractivity contribution is 0.1000. The van der Waals surface area contributed by atoms with E-state index >= 15 is 0 Å². The van der Waals surface area contributed by atoms with Gasteiger partial charge >= 0.3 is 0 Å². The van der Waals surface area contributed by atoms with E-state index in [1.54, 1.807) is 24.3 Å². The molecule has 1 heterocycles. The summed E-state index contributed by atoms with van der Waals surface area (Å²) < 4.78 is 0. The molecule has 0 saturated heterocycles. The first kappa shape index (κ1) is 13.9. The molecule has 0 aliphatic rings. The molecule has 0 atom stereocenters. The molecule has 0 fully saturated rings. The predicted octanol–water partition coefficient (Wildman–Crippen LogP) is 2.24. The summed E-state index contributed by atoms with van der Waals surface area (Å²) in [6, 6.07) is 10.2. The van der Waals surface area contributed by atoms with Crippen molar-refractivity contribution in [3.63, 3.8) is 0 Å². The van der Waals surface area contributed by atoms with Crippen molar-refractivity contribution >= 4 is 29.2 Å². The molecule has 1 aromatic heterocycles. The second kappa shape index (κ2) is 6.56. The van der Waals surface area contributed by atoms with Crippen molar-refractivity contribution in [2.45, 2.75) is 6.92 Å². The van der Waals surface area contributed by atoms with Crippen LogP contribution in [0.1, 0.15) is 24.9 Å². The van der Waals surface area contributed by atoms with Gasteiger partial charge in [0.2, 0.25) is 5.91 Å². The number of benzene rings is 1. The van der Waals surface area contributed by atoms with Gasteiger partial charge in [-0.25, -0.2) is 0 Å². The molecular formula is C13H14N2O2S. The topological polar surface area (TPSA) is 86.2 Å². The molecule has 0 saturated carbocycles. The minimum absolute atomic E-state index is 0.431. The Hall–Kier alpha value is -2.14. The van der Waals surface area contributed by atoms with Gasteiger partial charge < -0.3 is 11.5 Å². The van der Waals surface area contributed by atoms with Crippen LogP contribution in [0, 0.1) is 6.92 Å². The van der Waals surface area contributed by atoms with Gasteiger partial charge in [-0.05, 0) is 43.3 Å². The van der Waals surface area contributed by atoms with Crippen LogP contribution >= 0.6 is 11.3 Å². The van der Waals surface area contributed by atoms with E-state index in [2.05, 4.69) is 0 Å². The van der Waals surface area contributed by atoms with E-state index in [9.17, 15) is 9.59 Å². The first-order valence-corrected chi connectivity index (χ1v) is 6.01. The highest BCUT2D eigenvalue weighted by atomic mass is 32.1. The number of nitrogens with two attached hydrogens (primary N) is 2. The molecule has 2 rings (SSSR count). The predicted molar refractivity (Wildman–Crippen MR) is 73.8 cm³/mol. The highest BCUT2D eigenvalue weighted by Crippen LogP contribution is 2.11. The number of amides is 1. The Bertz CT molecular complexity index is 532. The molecular weight excluding hydrogens is 248 g/mol. The van der Waals surface area contributed by atoms with Crippen LogP contribution < -0.4 is 11.5 Å². The average Bonchev–Trinajstić information content (AvgIpc) is 2.76. The Morgan fingerprint density at radius 3 is 2.11 bits per heavy atom. The second-order valence-corrected chi connectivity index (χ2v) is 4.87. The zero-order valence-corrected chi connectivity index (χ0v) is 10.7. The summed E-state index contributed by atoms with van der Waals surface area (Å²) in [5.41, 5.74) is 11.5. The molecule has 1 amide bonds. The third kappa shape index (κ3) is 4.39. The number of anilines is 1. The number of primary amides is 1. The molecule has 0 aliphatic heterocycles. The molecule has 18 heavy (non-hydrogen) atoms. The van der Waals surface area contributed by atoms with Crippen molar-refractivity contribution < 1.29 is 9.59 Å². The van der Waals surface area contributed by atoms with Crippen LogP contribution in [0.25, 0.3) is 0 Å². The van der Waals surface area contributed by atoms with Crippen molar-refractivity contribution in [2.75, 3.05) is 5.73 Å². The van der Waals surface area contributed by atoms with Crippen molar-refractivity contribution in [1.82, 2.24) is 0 Å². The fourth-order valence-corrected chi connectivity index (χ4v) is 1.86. The molecule has 1 aromatic carbocycles. The average molecular weight is 262 g/mol. The van der Waals surface area contributed by atoms with E-state index in [0.29, 0.717) is 11.3 Å². The Morgan fingerprint density at radius 2 is 1.78 bits per heavy atom. The van der Waals surface area contributed by atoms with Gasteiger partial charge in [-0.2, -0.15) is 0 Å². The van der Waals surface area contributed by atoms with E-state index in [-0.39, 0.29) is 0 Å². The van der Waals surface area contributed by atoms with E-state index in [1.165, 1.54) is 16.2 Å². The lowest BCUT2D eigenvalue weighted by Gasteiger charge is -1.93. The van der Waals surface area contributed by atoms with Crippen molar-refractivity contribution in [3.05, 3.63) is 51.7 Å². The maximum Gasteiger partial charge on any atom is 0.248 e.